The van der Waals surface area contributed by atoms with E-state index in [1.807, 2.05) is 27.7 Å². The standard InChI is InChI=1S/C22H30O2/c1-6-7-8-9-20(18-10-14(2)21(23)15(3)11-18)19-12-16(4)22(24)17(5)13-19/h10-13,20,23-24H,6-9H2,1-5H3. The van der Waals surface area contributed by atoms with Gasteiger partial charge in [0.15, 0.2) is 0 Å². The number of benzene rings is 2. The summed E-state index contributed by atoms with van der Waals surface area (Å²) in [6, 6.07) is 8.43. The van der Waals surface area contributed by atoms with E-state index in [-0.39, 0.29) is 0 Å². The van der Waals surface area contributed by atoms with Crippen LogP contribution in [-0.4, -0.2) is 10.2 Å². The number of aryl methyl sites for hydroxylation is 4. The Bertz CT molecular complexity index is 612. The molecule has 0 aromatic heterocycles. The molecule has 0 aliphatic carbocycles. The quantitative estimate of drug-likeness (QED) is 0.635. The second kappa shape index (κ2) is 7.74. The zero-order valence-corrected chi connectivity index (χ0v) is 15.6. The summed E-state index contributed by atoms with van der Waals surface area (Å²) in [5, 5.41) is 20.2. The second-order valence-electron chi connectivity index (χ2n) is 7.05. The van der Waals surface area contributed by atoms with E-state index in [0.29, 0.717) is 17.4 Å². The van der Waals surface area contributed by atoms with Crippen molar-refractivity contribution in [3.05, 3.63) is 57.6 Å². The van der Waals surface area contributed by atoms with E-state index < -0.39 is 0 Å². The number of rotatable bonds is 6. The van der Waals surface area contributed by atoms with Crippen molar-refractivity contribution in [3.63, 3.8) is 0 Å². The van der Waals surface area contributed by atoms with Crippen LogP contribution >= 0.6 is 0 Å². The number of hydrogen-bond donors (Lipinski definition) is 2. The third kappa shape index (κ3) is 3.92. The maximum absolute atomic E-state index is 10.1. The van der Waals surface area contributed by atoms with Crippen LogP contribution in [0.5, 0.6) is 11.5 Å². The van der Waals surface area contributed by atoms with Crippen molar-refractivity contribution in [2.45, 2.75) is 66.2 Å². The molecule has 0 unspecified atom stereocenters. The van der Waals surface area contributed by atoms with Gasteiger partial charge in [0, 0.05) is 5.92 Å². The van der Waals surface area contributed by atoms with Crippen molar-refractivity contribution in [3.8, 4) is 11.5 Å². The lowest BCUT2D eigenvalue weighted by Crippen LogP contribution is -2.04. The first-order valence-electron chi connectivity index (χ1n) is 8.95. The van der Waals surface area contributed by atoms with Gasteiger partial charge in [-0.1, -0.05) is 50.5 Å². The van der Waals surface area contributed by atoms with Crippen LogP contribution in [0, 0.1) is 27.7 Å². The molecule has 0 atom stereocenters. The van der Waals surface area contributed by atoms with Crippen molar-refractivity contribution in [1.29, 1.82) is 0 Å². The van der Waals surface area contributed by atoms with E-state index in [1.165, 1.54) is 30.4 Å². The third-order valence-electron chi connectivity index (χ3n) is 4.93. The molecular weight excluding hydrogens is 296 g/mol. The third-order valence-corrected chi connectivity index (χ3v) is 4.93. The monoisotopic (exact) mass is 326 g/mol. The first kappa shape index (κ1) is 18.4. The first-order chi connectivity index (χ1) is 11.3. The highest BCUT2D eigenvalue weighted by Gasteiger charge is 2.18. The molecule has 0 heterocycles. The molecule has 2 rings (SSSR count). The van der Waals surface area contributed by atoms with E-state index in [4.69, 9.17) is 0 Å². The van der Waals surface area contributed by atoms with Crippen LogP contribution in [0.15, 0.2) is 24.3 Å². The maximum atomic E-state index is 10.1. The molecule has 0 saturated heterocycles. The van der Waals surface area contributed by atoms with Gasteiger partial charge in [0.2, 0.25) is 0 Å². The topological polar surface area (TPSA) is 40.5 Å². The van der Waals surface area contributed by atoms with Crippen LogP contribution in [-0.2, 0) is 0 Å². The van der Waals surface area contributed by atoms with Gasteiger partial charge in [0.1, 0.15) is 11.5 Å². The van der Waals surface area contributed by atoms with Gasteiger partial charge < -0.3 is 10.2 Å². The molecule has 2 aromatic rings. The van der Waals surface area contributed by atoms with E-state index >= 15 is 0 Å². The summed E-state index contributed by atoms with van der Waals surface area (Å²) in [5.74, 6) is 1.08. The summed E-state index contributed by atoms with van der Waals surface area (Å²) in [6.45, 7) is 10.1. The molecule has 0 radical (unpaired) electrons. The molecule has 0 aliphatic heterocycles. The fourth-order valence-electron chi connectivity index (χ4n) is 3.51. The molecule has 0 spiro atoms. The summed E-state index contributed by atoms with van der Waals surface area (Å²) < 4.78 is 0. The molecule has 2 nitrogen and oxygen atoms in total. The van der Waals surface area contributed by atoms with Crippen LogP contribution in [0.3, 0.4) is 0 Å². The molecule has 0 fully saturated rings. The Labute approximate surface area is 146 Å². The number of hydrogen-bond acceptors (Lipinski definition) is 2. The molecule has 24 heavy (non-hydrogen) atoms. The number of aromatic hydroxyl groups is 2. The van der Waals surface area contributed by atoms with Crippen LogP contribution in [0.25, 0.3) is 0 Å². The number of phenolic OH excluding ortho intramolecular Hbond substituents is 2. The molecule has 0 saturated carbocycles. The maximum Gasteiger partial charge on any atom is 0.121 e. The van der Waals surface area contributed by atoms with Gasteiger partial charge in [0.05, 0.1) is 0 Å². The van der Waals surface area contributed by atoms with Crippen molar-refractivity contribution < 1.29 is 10.2 Å². The molecular formula is C22H30O2. The van der Waals surface area contributed by atoms with Gasteiger partial charge in [-0.2, -0.15) is 0 Å². The van der Waals surface area contributed by atoms with Gasteiger partial charge in [-0.15, -0.1) is 0 Å². The van der Waals surface area contributed by atoms with Gasteiger partial charge in [0.25, 0.3) is 0 Å². The second-order valence-corrected chi connectivity index (χ2v) is 7.05. The first-order valence-corrected chi connectivity index (χ1v) is 8.95. The highest BCUT2D eigenvalue weighted by atomic mass is 16.3. The van der Waals surface area contributed by atoms with Gasteiger partial charge in [-0.3, -0.25) is 0 Å². The fourth-order valence-corrected chi connectivity index (χ4v) is 3.51. The summed E-state index contributed by atoms with van der Waals surface area (Å²) in [6.07, 6.45) is 4.69. The average molecular weight is 326 g/mol. The Hall–Kier alpha value is -1.96. The largest absolute Gasteiger partial charge is 0.507 e. The Morgan fingerprint density at radius 3 is 1.42 bits per heavy atom. The van der Waals surface area contributed by atoms with E-state index in [0.717, 1.165) is 28.7 Å². The van der Waals surface area contributed by atoms with E-state index in [9.17, 15) is 10.2 Å². The van der Waals surface area contributed by atoms with Crippen molar-refractivity contribution in [1.82, 2.24) is 0 Å². The highest BCUT2D eigenvalue weighted by Crippen LogP contribution is 2.36. The van der Waals surface area contributed by atoms with Crippen LogP contribution in [0.4, 0.5) is 0 Å². The zero-order chi connectivity index (χ0) is 17.9. The highest BCUT2D eigenvalue weighted by molar-refractivity contribution is 5.49. The zero-order valence-electron chi connectivity index (χ0n) is 15.6. The van der Waals surface area contributed by atoms with Crippen LogP contribution < -0.4 is 0 Å². The summed E-state index contributed by atoms with van der Waals surface area (Å²) >= 11 is 0. The minimum absolute atomic E-state index is 0.299. The summed E-state index contributed by atoms with van der Waals surface area (Å²) in [4.78, 5) is 0. The lowest BCUT2D eigenvalue weighted by molar-refractivity contribution is 0.466. The molecule has 0 amide bonds. The molecule has 2 aromatic carbocycles. The number of unbranched alkanes of at least 4 members (excludes halogenated alkanes) is 2. The van der Waals surface area contributed by atoms with Crippen molar-refractivity contribution in [2.75, 3.05) is 0 Å². The van der Waals surface area contributed by atoms with Gasteiger partial charge in [-0.25, -0.2) is 0 Å². The van der Waals surface area contributed by atoms with E-state index in [2.05, 4.69) is 31.2 Å². The summed E-state index contributed by atoms with van der Waals surface area (Å²) in [7, 11) is 0. The Balaban J connectivity index is 2.49. The SMILES string of the molecule is CCCCCC(c1cc(C)c(O)c(C)c1)c1cc(C)c(O)c(C)c1. The summed E-state index contributed by atoms with van der Waals surface area (Å²) in [5.41, 5.74) is 6.22. The number of phenols is 2. The normalized spacial score (nSPS) is 11.2. The predicted molar refractivity (Wildman–Crippen MR) is 101 cm³/mol. The predicted octanol–water partition coefficient (Wildman–Crippen LogP) is 6.04. The van der Waals surface area contributed by atoms with Crippen molar-refractivity contribution in [2.24, 2.45) is 0 Å². The van der Waals surface area contributed by atoms with Crippen LogP contribution in [0.1, 0.15) is 71.9 Å². The Morgan fingerprint density at radius 1 is 0.708 bits per heavy atom. The molecule has 2 heteroatoms. The van der Waals surface area contributed by atoms with Gasteiger partial charge >= 0.3 is 0 Å². The Morgan fingerprint density at radius 2 is 1.08 bits per heavy atom. The molecule has 2 N–H and O–H groups in total. The lowest BCUT2D eigenvalue weighted by atomic mass is 9.84. The molecule has 0 bridgehead atoms. The minimum atomic E-state index is 0.299. The molecule has 130 valence electrons. The van der Waals surface area contributed by atoms with E-state index in [1.54, 1.807) is 0 Å². The average Bonchev–Trinajstić information content (AvgIpc) is 2.53. The minimum Gasteiger partial charge on any atom is -0.507 e. The Kier molecular flexibility index (Phi) is 5.93. The van der Waals surface area contributed by atoms with Crippen molar-refractivity contribution >= 4 is 0 Å². The molecule has 0 aliphatic rings. The van der Waals surface area contributed by atoms with Gasteiger partial charge in [-0.05, 0) is 67.5 Å². The smallest absolute Gasteiger partial charge is 0.121 e. The fraction of sp³-hybridized carbons (Fsp3) is 0.455. The van der Waals surface area contributed by atoms with Crippen LogP contribution in [0.2, 0.25) is 0 Å². The lowest BCUT2D eigenvalue weighted by Gasteiger charge is -2.21.